The summed E-state index contributed by atoms with van der Waals surface area (Å²) in [4.78, 5) is 44.4. The van der Waals surface area contributed by atoms with Crippen LogP contribution in [-0.2, 0) is 16.1 Å². The molecule has 11 heteroatoms. The Hall–Kier alpha value is -3.41. The van der Waals surface area contributed by atoms with Gasteiger partial charge in [0.2, 0.25) is 0 Å². The average molecular weight is 607 g/mol. The molecule has 2 atom stereocenters. The number of fused-ring (bicyclic) bond motifs is 3. The van der Waals surface area contributed by atoms with Gasteiger partial charge in [-0.05, 0) is 73.4 Å². The third-order valence-electron chi connectivity index (χ3n) is 8.02. The van der Waals surface area contributed by atoms with E-state index in [2.05, 4.69) is 46.2 Å². The molecule has 3 aliphatic rings. The molecule has 2 aliphatic heterocycles. The molecule has 41 heavy (non-hydrogen) atoms. The topological polar surface area (TPSA) is 86.1 Å². The van der Waals surface area contributed by atoms with E-state index in [9.17, 15) is 19.5 Å². The predicted molar refractivity (Wildman–Crippen MR) is 170 cm³/mol. The smallest absolute Gasteiger partial charge is 0.323 e. The van der Waals surface area contributed by atoms with Gasteiger partial charge in [0, 0.05) is 49.7 Å². The molecule has 212 valence electrons. The molecule has 1 N–H and O–H groups in total. The Morgan fingerprint density at radius 2 is 1.90 bits per heavy atom. The van der Waals surface area contributed by atoms with Crippen LogP contribution in [0.2, 0.25) is 0 Å². The number of carbonyl (C=O) groups excluding carboxylic acids is 1. The molecular weight excluding hydrogens is 577 g/mol. The number of hydrogen-bond donors (Lipinski definition) is 1. The fourth-order valence-electron chi connectivity index (χ4n) is 6.13. The fraction of sp³-hybridized carbons (Fsp3) is 0.333. The zero-order valence-electron chi connectivity index (χ0n) is 23.0. The van der Waals surface area contributed by atoms with E-state index in [1.165, 1.54) is 32.8 Å². The Kier molecular flexibility index (Phi) is 7.29. The van der Waals surface area contributed by atoms with Crippen molar-refractivity contribution in [3.05, 3.63) is 73.1 Å². The molecule has 3 aromatic rings. The first-order chi connectivity index (χ1) is 19.7. The van der Waals surface area contributed by atoms with Crippen LogP contribution in [0.1, 0.15) is 43.2 Å². The highest BCUT2D eigenvalue weighted by molar-refractivity contribution is 8.30. The number of thiazole rings is 1. The third kappa shape index (κ3) is 4.79. The lowest BCUT2D eigenvalue weighted by Gasteiger charge is -2.27. The second-order valence-electron chi connectivity index (χ2n) is 10.7. The summed E-state index contributed by atoms with van der Waals surface area (Å²) in [5.41, 5.74) is 5.27. The number of anilines is 3. The normalized spacial score (nSPS) is 21.6. The number of aromatic nitrogens is 1. The highest BCUT2D eigenvalue weighted by atomic mass is 32.2. The number of aliphatic carboxylic acids is 1. The first-order valence-corrected chi connectivity index (χ1v) is 15.6. The molecule has 1 aliphatic carbocycles. The van der Waals surface area contributed by atoms with Crippen molar-refractivity contribution in [2.24, 2.45) is 0 Å². The fourth-order valence-corrected chi connectivity index (χ4v) is 8.77. The molecule has 3 heterocycles. The van der Waals surface area contributed by atoms with Crippen molar-refractivity contribution >= 4 is 79.6 Å². The number of carboxylic acid groups (broad SMARTS) is 1. The predicted octanol–water partition coefficient (Wildman–Crippen LogP) is 3.67. The third-order valence-corrected chi connectivity index (χ3v) is 10.7. The molecule has 0 radical (unpaired) electrons. The lowest BCUT2D eigenvalue weighted by Crippen LogP contribution is -2.35. The number of thiocarbonyl (C=S) groups is 1. The van der Waals surface area contributed by atoms with Gasteiger partial charge in [-0.1, -0.05) is 36.5 Å². The zero-order valence-corrected chi connectivity index (χ0v) is 25.4. The summed E-state index contributed by atoms with van der Waals surface area (Å²) in [6, 6.07) is 15.4. The largest absolute Gasteiger partial charge is 0.480 e. The Balaban J connectivity index is 1.44. The molecule has 1 aromatic heterocycles. The van der Waals surface area contributed by atoms with Crippen molar-refractivity contribution in [3.63, 3.8) is 0 Å². The first-order valence-electron chi connectivity index (χ1n) is 13.6. The Bertz CT molecular complexity index is 1760. The van der Waals surface area contributed by atoms with E-state index in [-0.39, 0.29) is 5.91 Å². The quantitative estimate of drug-likeness (QED) is 0.426. The van der Waals surface area contributed by atoms with Gasteiger partial charge < -0.3 is 14.9 Å². The van der Waals surface area contributed by atoms with Gasteiger partial charge in [-0.3, -0.25) is 23.9 Å². The molecule has 1 saturated heterocycles. The number of nitrogens with zero attached hydrogens (tertiary/aromatic N) is 4. The van der Waals surface area contributed by atoms with E-state index in [4.69, 9.17) is 12.2 Å². The minimum absolute atomic E-state index is 0.294. The van der Waals surface area contributed by atoms with Crippen molar-refractivity contribution in [1.29, 1.82) is 0 Å². The Labute approximate surface area is 251 Å². The van der Waals surface area contributed by atoms with Gasteiger partial charge in [-0.25, -0.2) is 0 Å². The molecule has 2 unspecified atom stereocenters. The van der Waals surface area contributed by atoms with E-state index in [1.807, 2.05) is 33.2 Å². The van der Waals surface area contributed by atoms with E-state index in [1.54, 1.807) is 0 Å². The molecule has 8 nitrogen and oxygen atoms in total. The van der Waals surface area contributed by atoms with Gasteiger partial charge in [0.25, 0.3) is 11.5 Å². The van der Waals surface area contributed by atoms with Crippen LogP contribution in [0, 0.1) is 0 Å². The average Bonchev–Trinajstić information content (AvgIpc) is 3.67. The SMILES string of the molecule is CCN1C(=O)C(=c2sc(=Cc3ccc4c(c3)C3CCCC3N4c3ccc(N(C)C)cc3)c(=O)n2CC(=O)O)SC1=S. The maximum Gasteiger partial charge on any atom is 0.323 e. The summed E-state index contributed by atoms with van der Waals surface area (Å²) in [5.74, 6) is -1.02. The zero-order chi connectivity index (χ0) is 29.0. The lowest BCUT2D eigenvalue weighted by atomic mass is 9.96. The molecule has 1 amide bonds. The monoisotopic (exact) mass is 606 g/mol. The summed E-state index contributed by atoms with van der Waals surface area (Å²) in [6.07, 6.45) is 5.23. The van der Waals surface area contributed by atoms with Crippen LogP contribution in [0.3, 0.4) is 0 Å². The van der Waals surface area contributed by atoms with Gasteiger partial charge in [-0.2, -0.15) is 0 Å². The van der Waals surface area contributed by atoms with Crippen molar-refractivity contribution in [2.45, 2.75) is 44.7 Å². The van der Waals surface area contributed by atoms with E-state index < -0.39 is 18.1 Å². The van der Waals surface area contributed by atoms with Crippen molar-refractivity contribution in [3.8, 4) is 0 Å². The molecule has 2 fully saturated rings. The minimum Gasteiger partial charge on any atom is -0.480 e. The highest BCUT2D eigenvalue weighted by Gasteiger charge is 2.42. The van der Waals surface area contributed by atoms with Crippen molar-refractivity contribution < 1.29 is 14.7 Å². The van der Waals surface area contributed by atoms with E-state index in [0.717, 1.165) is 47.2 Å². The molecule has 6 rings (SSSR count). The first kappa shape index (κ1) is 27.7. The van der Waals surface area contributed by atoms with Crippen molar-refractivity contribution in [1.82, 2.24) is 9.47 Å². The number of amides is 1. The number of benzene rings is 2. The standard InChI is InChI=1S/C30H30N4O4S3/c1-4-32-28(38)26(41-30(32)39)29-33(16-25(35)36)27(37)24(40-29)15-17-8-13-23-21(14-17)20-6-5-7-22(20)34(23)19-11-9-18(10-12-19)31(2)3/h8-15,20,22H,4-7,16H2,1-3H3,(H,35,36). The molecule has 0 bridgehead atoms. The van der Waals surface area contributed by atoms with Crippen molar-refractivity contribution in [2.75, 3.05) is 30.4 Å². The highest BCUT2D eigenvalue weighted by Crippen LogP contribution is 2.52. The second kappa shape index (κ2) is 10.8. The van der Waals surface area contributed by atoms with Gasteiger partial charge in [0.05, 0.1) is 4.53 Å². The van der Waals surface area contributed by atoms with Crippen LogP contribution in [0.25, 0.3) is 11.0 Å². The Morgan fingerprint density at radius 1 is 1.15 bits per heavy atom. The van der Waals surface area contributed by atoms with Gasteiger partial charge in [0.15, 0.2) is 0 Å². The number of hydrogen-bond acceptors (Lipinski definition) is 8. The van der Waals surface area contributed by atoms with Crippen LogP contribution in [-0.4, -0.2) is 57.5 Å². The van der Waals surface area contributed by atoms with Crippen LogP contribution >= 0.6 is 35.3 Å². The van der Waals surface area contributed by atoms with Crippen LogP contribution in [0.5, 0.6) is 0 Å². The van der Waals surface area contributed by atoms with Gasteiger partial charge >= 0.3 is 5.97 Å². The number of carbonyl (C=O) groups is 2. The molecule has 0 spiro atoms. The van der Waals surface area contributed by atoms with Crippen LogP contribution < -0.4 is 24.6 Å². The maximum atomic E-state index is 13.4. The Morgan fingerprint density at radius 3 is 2.56 bits per heavy atom. The summed E-state index contributed by atoms with van der Waals surface area (Å²) in [5, 5.41) is 9.52. The summed E-state index contributed by atoms with van der Waals surface area (Å²) in [7, 11) is 4.08. The van der Waals surface area contributed by atoms with Gasteiger partial charge in [-0.15, -0.1) is 11.3 Å². The molecular formula is C30H30N4O4S3. The van der Waals surface area contributed by atoms with Crippen LogP contribution in [0.15, 0.2) is 47.3 Å². The number of rotatable bonds is 6. The number of thioether (sulfide) groups is 1. The maximum absolute atomic E-state index is 13.4. The van der Waals surface area contributed by atoms with Crippen LogP contribution in [0.4, 0.5) is 17.1 Å². The number of carboxylic acids is 1. The molecule has 1 saturated carbocycles. The van der Waals surface area contributed by atoms with E-state index in [0.29, 0.717) is 36.9 Å². The summed E-state index contributed by atoms with van der Waals surface area (Å²) in [6.45, 7) is 1.72. The summed E-state index contributed by atoms with van der Waals surface area (Å²) >= 11 is 7.61. The minimum atomic E-state index is -1.15. The lowest BCUT2D eigenvalue weighted by molar-refractivity contribution is -0.137. The van der Waals surface area contributed by atoms with E-state index >= 15 is 0 Å². The second-order valence-corrected chi connectivity index (χ2v) is 13.3. The van der Waals surface area contributed by atoms with Gasteiger partial charge in [0.1, 0.15) is 20.4 Å². The molecule has 2 aromatic carbocycles. The summed E-state index contributed by atoms with van der Waals surface area (Å²) < 4.78 is 2.31.